The highest BCUT2D eigenvalue weighted by Gasteiger charge is 2.03. The van der Waals surface area contributed by atoms with Crippen molar-refractivity contribution in [3.8, 4) is 5.75 Å². The van der Waals surface area contributed by atoms with Crippen LogP contribution >= 0.6 is 11.6 Å². The molecule has 2 rings (SSSR count). The predicted molar refractivity (Wildman–Crippen MR) is 91.9 cm³/mol. The largest absolute Gasteiger partial charge is 0.490 e. The van der Waals surface area contributed by atoms with Crippen molar-refractivity contribution in [1.82, 2.24) is 4.98 Å². The van der Waals surface area contributed by atoms with Gasteiger partial charge in [-0.1, -0.05) is 11.6 Å². The molecule has 0 amide bonds. The van der Waals surface area contributed by atoms with Crippen molar-refractivity contribution in [3.05, 3.63) is 53.3 Å². The lowest BCUT2D eigenvalue weighted by atomic mass is 10.2. The van der Waals surface area contributed by atoms with Gasteiger partial charge < -0.3 is 15.3 Å². The van der Waals surface area contributed by atoms with E-state index in [4.69, 9.17) is 26.9 Å². The Balaban J connectivity index is 2.04. The lowest BCUT2D eigenvalue weighted by Gasteiger charge is -2.05. The minimum absolute atomic E-state index is 0.461. The molecule has 0 radical (unpaired) electrons. The van der Waals surface area contributed by atoms with E-state index < -0.39 is 0 Å². The third kappa shape index (κ3) is 5.36. The SMILES string of the molecule is COCCOc1ccc(C(C=Nc2ccc(Cl)cc2)=NN)nc1. The number of methoxy groups -OCH3 is 1. The number of hydrazone groups is 1. The first-order valence-corrected chi connectivity index (χ1v) is 7.26. The second-order valence-corrected chi connectivity index (χ2v) is 4.91. The zero-order valence-electron chi connectivity index (χ0n) is 12.6. The zero-order chi connectivity index (χ0) is 16.5. The molecule has 1 aromatic heterocycles. The van der Waals surface area contributed by atoms with Gasteiger partial charge in [-0.25, -0.2) is 0 Å². The molecule has 2 aromatic rings. The molecule has 0 aliphatic rings. The van der Waals surface area contributed by atoms with Crippen LogP contribution in [0.2, 0.25) is 5.02 Å². The molecule has 0 bridgehead atoms. The van der Waals surface area contributed by atoms with Crippen molar-refractivity contribution in [2.75, 3.05) is 20.3 Å². The number of benzene rings is 1. The molecule has 0 aliphatic heterocycles. The van der Waals surface area contributed by atoms with E-state index >= 15 is 0 Å². The minimum atomic E-state index is 0.461. The molecule has 0 fully saturated rings. The van der Waals surface area contributed by atoms with E-state index in [9.17, 15) is 0 Å². The second-order valence-electron chi connectivity index (χ2n) is 4.47. The lowest BCUT2D eigenvalue weighted by molar-refractivity contribution is 0.146. The summed E-state index contributed by atoms with van der Waals surface area (Å²) in [5.41, 5.74) is 1.81. The molecule has 0 saturated carbocycles. The van der Waals surface area contributed by atoms with Crippen molar-refractivity contribution >= 4 is 29.2 Å². The average Bonchev–Trinajstić information content (AvgIpc) is 2.58. The Kier molecular flexibility index (Phi) is 6.53. The molecule has 2 N–H and O–H groups in total. The van der Waals surface area contributed by atoms with Crippen LogP contribution in [0, 0.1) is 0 Å². The molecular weight excluding hydrogens is 316 g/mol. The van der Waals surface area contributed by atoms with E-state index in [1.54, 1.807) is 55.9 Å². The van der Waals surface area contributed by atoms with Gasteiger partial charge in [0, 0.05) is 12.1 Å². The quantitative estimate of drug-likeness (QED) is 0.366. The van der Waals surface area contributed by atoms with E-state index in [2.05, 4.69) is 15.1 Å². The van der Waals surface area contributed by atoms with Crippen LogP contribution in [0.25, 0.3) is 0 Å². The first-order valence-electron chi connectivity index (χ1n) is 6.88. The molecule has 0 saturated heterocycles. The Labute approximate surface area is 139 Å². The highest BCUT2D eigenvalue weighted by atomic mass is 35.5. The fourth-order valence-corrected chi connectivity index (χ4v) is 1.81. The van der Waals surface area contributed by atoms with Crippen molar-refractivity contribution in [1.29, 1.82) is 0 Å². The number of nitrogens with zero attached hydrogens (tertiary/aromatic N) is 3. The van der Waals surface area contributed by atoms with E-state index in [1.807, 2.05) is 0 Å². The van der Waals surface area contributed by atoms with Gasteiger partial charge >= 0.3 is 0 Å². The smallest absolute Gasteiger partial charge is 0.137 e. The van der Waals surface area contributed by atoms with E-state index in [0.29, 0.717) is 35.4 Å². The number of aliphatic imine (C=N–C) groups is 1. The minimum Gasteiger partial charge on any atom is -0.490 e. The zero-order valence-corrected chi connectivity index (χ0v) is 13.4. The third-order valence-corrected chi connectivity index (χ3v) is 3.11. The van der Waals surface area contributed by atoms with Crippen LogP contribution in [-0.4, -0.2) is 37.2 Å². The van der Waals surface area contributed by atoms with Crippen LogP contribution in [-0.2, 0) is 4.74 Å². The van der Waals surface area contributed by atoms with Gasteiger partial charge in [0.2, 0.25) is 0 Å². The van der Waals surface area contributed by atoms with E-state index in [1.165, 1.54) is 0 Å². The van der Waals surface area contributed by atoms with Crippen molar-refractivity contribution in [3.63, 3.8) is 0 Å². The van der Waals surface area contributed by atoms with Gasteiger partial charge in [0.25, 0.3) is 0 Å². The Morgan fingerprint density at radius 1 is 1.22 bits per heavy atom. The van der Waals surface area contributed by atoms with Gasteiger partial charge in [-0.05, 0) is 36.4 Å². The van der Waals surface area contributed by atoms with E-state index in [-0.39, 0.29) is 0 Å². The number of hydrogen-bond donors (Lipinski definition) is 1. The molecule has 6 nitrogen and oxygen atoms in total. The first-order chi connectivity index (χ1) is 11.2. The first kappa shape index (κ1) is 16.9. The number of aromatic nitrogens is 1. The molecule has 1 heterocycles. The Bertz CT molecular complexity index is 669. The van der Waals surface area contributed by atoms with E-state index in [0.717, 1.165) is 5.69 Å². The lowest BCUT2D eigenvalue weighted by Crippen LogP contribution is -2.09. The highest BCUT2D eigenvalue weighted by molar-refractivity contribution is 6.37. The summed E-state index contributed by atoms with van der Waals surface area (Å²) in [6.07, 6.45) is 3.16. The maximum Gasteiger partial charge on any atom is 0.137 e. The predicted octanol–water partition coefficient (Wildman–Crippen LogP) is 2.83. The Morgan fingerprint density at radius 3 is 2.61 bits per heavy atom. The standard InChI is InChI=1S/C16H17ClN4O2/c1-22-8-9-23-14-6-7-15(20-10-14)16(21-18)11-19-13-4-2-12(17)3-5-13/h2-7,10-11H,8-9,18H2,1H3. The van der Waals surface area contributed by atoms with Crippen molar-refractivity contribution in [2.45, 2.75) is 0 Å². The fraction of sp³-hybridized carbons (Fsp3) is 0.188. The average molecular weight is 333 g/mol. The number of pyridine rings is 1. The van der Waals surface area contributed by atoms with Gasteiger partial charge in [-0.15, -0.1) is 0 Å². The monoisotopic (exact) mass is 332 g/mol. The summed E-state index contributed by atoms with van der Waals surface area (Å²) < 4.78 is 10.4. The van der Waals surface area contributed by atoms with Gasteiger partial charge in [0.05, 0.1) is 30.4 Å². The molecular formula is C16H17ClN4O2. The van der Waals surface area contributed by atoms with Gasteiger partial charge in [0.1, 0.15) is 18.1 Å². The van der Waals surface area contributed by atoms with Crippen molar-refractivity contribution in [2.24, 2.45) is 15.9 Å². The highest BCUT2D eigenvalue weighted by Crippen LogP contribution is 2.16. The molecule has 0 spiro atoms. The van der Waals surface area contributed by atoms with Gasteiger partial charge in [0.15, 0.2) is 0 Å². The number of rotatable bonds is 7. The summed E-state index contributed by atoms with van der Waals surface area (Å²) in [5, 5.41) is 4.37. The molecule has 0 unspecified atom stereocenters. The topological polar surface area (TPSA) is 82.1 Å². The summed E-state index contributed by atoms with van der Waals surface area (Å²) in [4.78, 5) is 8.56. The summed E-state index contributed by atoms with van der Waals surface area (Å²) in [7, 11) is 1.62. The third-order valence-electron chi connectivity index (χ3n) is 2.86. The van der Waals surface area contributed by atoms with Crippen LogP contribution in [0.4, 0.5) is 5.69 Å². The fourth-order valence-electron chi connectivity index (χ4n) is 1.69. The summed E-state index contributed by atoms with van der Waals surface area (Å²) in [6.45, 7) is 0.985. The summed E-state index contributed by atoms with van der Waals surface area (Å²) >= 11 is 5.83. The van der Waals surface area contributed by atoms with Crippen LogP contribution in [0.15, 0.2) is 52.7 Å². The van der Waals surface area contributed by atoms with Crippen LogP contribution in [0.3, 0.4) is 0 Å². The van der Waals surface area contributed by atoms with Crippen molar-refractivity contribution < 1.29 is 9.47 Å². The molecule has 120 valence electrons. The van der Waals surface area contributed by atoms with Crippen LogP contribution in [0.5, 0.6) is 5.75 Å². The molecule has 0 atom stereocenters. The van der Waals surface area contributed by atoms with Crippen LogP contribution in [0.1, 0.15) is 5.69 Å². The number of halogens is 1. The number of nitrogens with two attached hydrogens (primary N) is 1. The summed E-state index contributed by atoms with van der Waals surface area (Å²) in [6, 6.07) is 10.7. The molecule has 1 aromatic carbocycles. The Morgan fingerprint density at radius 2 is 2.00 bits per heavy atom. The van der Waals surface area contributed by atoms with Gasteiger partial charge in [-0.3, -0.25) is 9.98 Å². The van der Waals surface area contributed by atoms with Gasteiger partial charge in [-0.2, -0.15) is 5.10 Å². The molecule has 23 heavy (non-hydrogen) atoms. The number of ether oxygens (including phenoxy) is 2. The van der Waals surface area contributed by atoms with Crippen LogP contribution < -0.4 is 10.6 Å². The second kappa shape index (κ2) is 8.87. The maximum atomic E-state index is 5.83. The normalized spacial score (nSPS) is 11.8. The molecule has 0 aliphatic carbocycles. The Hall–Kier alpha value is -2.44. The summed E-state index contributed by atoms with van der Waals surface area (Å²) in [5.74, 6) is 6.07. The maximum absolute atomic E-state index is 5.83. The molecule has 7 heteroatoms. The number of hydrogen-bond acceptors (Lipinski definition) is 6.